The van der Waals surface area contributed by atoms with E-state index in [2.05, 4.69) is 40.5 Å². The normalized spacial score (nSPS) is 16.4. The number of hydrogen-bond acceptors (Lipinski definition) is 3. The molecule has 2 heterocycles. The van der Waals surface area contributed by atoms with Gasteiger partial charge in [0.1, 0.15) is 0 Å². The molecule has 0 amide bonds. The van der Waals surface area contributed by atoms with Gasteiger partial charge in [-0.2, -0.15) is 5.10 Å². The molecule has 1 N–H and O–H groups in total. The number of fused-ring (bicyclic) bond motifs is 1. The molecule has 0 spiro atoms. The van der Waals surface area contributed by atoms with Crippen molar-refractivity contribution in [3.63, 3.8) is 0 Å². The van der Waals surface area contributed by atoms with Gasteiger partial charge in [-0.25, -0.2) is 0 Å². The molecular formula is C16H21ClN4. The van der Waals surface area contributed by atoms with Crippen molar-refractivity contribution in [2.24, 2.45) is 0 Å². The fourth-order valence-corrected chi connectivity index (χ4v) is 3.28. The summed E-state index contributed by atoms with van der Waals surface area (Å²) in [6, 6.07) is 4.55. The number of aromatic nitrogens is 2. The van der Waals surface area contributed by atoms with Crippen molar-refractivity contribution in [2.45, 2.75) is 25.8 Å². The maximum Gasteiger partial charge on any atom is 0.0686 e. The summed E-state index contributed by atoms with van der Waals surface area (Å²) >= 11 is 6.23. The maximum absolute atomic E-state index is 6.23. The highest BCUT2D eigenvalue weighted by Gasteiger charge is 2.23. The molecule has 3 rings (SSSR count). The molecule has 1 aliphatic heterocycles. The standard InChI is InChI=1S/C16H21ClN4/c1-11(2)20(3)13-4-6-21(7-5-13)16-9-12(17)8-15-14(16)10-18-19-15/h8-10,13H,1,4-7H2,2-3H3,(H,18,19). The highest BCUT2D eigenvalue weighted by atomic mass is 35.5. The Labute approximate surface area is 130 Å². The van der Waals surface area contributed by atoms with Crippen LogP contribution in [0.4, 0.5) is 5.69 Å². The van der Waals surface area contributed by atoms with Gasteiger partial charge < -0.3 is 9.80 Å². The van der Waals surface area contributed by atoms with Gasteiger partial charge in [-0.3, -0.25) is 5.10 Å². The van der Waals surface area contributed by atoms with Gasteiger partial charge in [-0.1, -0.05) is 18.2 Å². The van der Waals surface area contributed by atoms with E-state index in [0.717, 1.165) is 47.6 Å². The minimum Gasteiger partial charge on any atom is -0.375 e. The topological polar surface area (TPSA) is 35.2 Å². The van der Waals surface area contributed by atoms with E-state index in [1.165, 1.54) is 5.69 Å². The highest BCUT2D eigenvalue weighted by Crippen LogP contribution is 2.32. The first-order chi connectivity index (χ1) is 10.1. The van der Waals surface area contributed by atoms with Crippen LogP contribution in [-0.2, 0) is 0 Å². The van der Waals surface area contributed by atoms with Crippen LogP contribution >= 0.6 is 11.6 Å². The van der Waals surface area contributed by atoms with Crippen LogP contribution in [0.2, 0.25) is 5.02 Å². The van der Waals surface area contributed by atoms with E-state index >= 15 is 0 Å². The Balaban J connectivity index is 1.80. The molecule has 0 bridgehead atoms. The Kier molecular flexibility index (Phi) is 3.81. The lowest BCUT2D eigenvalue weighted by atomic mass is 10.0. The Bertz CT molecular complexity index is 655. The number of aromatic amines is 1. The van der Waals surface area contributed by atoms with E-state index in [1.54, 1.807) is 0 Å². The van der Waals surface area contributed by atoms with E-state index in [9.17, 15) is 0 Å². The minimum absolute atomic E-state index is 0.581. The summed E-state index contributed by atoms with van der Waals surface area (Å²) in [5, 5.41) is 9.03. The van der Waals surface area contributed by atoms with Gasteiger partial charge in [-0.05, 0) is 31.9 Å². The van der Waals surface area contributed by atoms with Gasteiger partial charge in [0.15, 0.2) is 0 Å². The zero-order valence-electron chi connectivity index (χ0n) is 12.6. The number of benzene rings is 1. The fourth-order valence-electron chi connectivity index (χ4n) is 3.07. The van der Waals surface area contributed by atoms with Gasteiger partial charge in [-0.15, -0.1) is 0 Å². The maximum atomic E-state index is 6.23. The smallest absolute Gasteiger partial charge is 0.0686 e. The molecule has 5 heteroatoms. The molecule has 1 aliphatic rings. The molecule has 1 fully saturated rings. The third kappa shape index (κ3) is 2.72. The van der Waals surface area contributed by atoms with E-state index in [1.807, 2.05) is 18.3 Å². The van der Waals surface area contributed by atoms with Crippen molar-refractivity contribution in [3.05, 3.63) is 35.6 Å². The van der Waals surface area contributed by atoms with Crippen molar-refractivity contribution in [2.75, 3.05) is 25.0 Å². The van der Waals surface area contributed by atoms with Gasteiger partial charge >= 0.3 is 0 Å². The van der Waals surface area contributed by atoms with Crippen LogP contribution in [0.15, 0.2) is 30.6 Å². The van der Waals surface area contributed by atoms with Crippen LogP contribution in [-0.4, -0.2) is 41.3 Å². The average Bonchev–Trinajstić information content (AvgIpc) is 2.93. The van der Waals surface area contributed by atoms with Gasteiger partial charge in [0.25, 0.3) is 0 Å². The third-order valence-corrected chi connectivity index (χ3v) is 4.67. The summed E-state index contributed by atoms with van der Waals surface area (Å²) in [5.74, 6) is 0. The van der Waals surface area contributed by atoms with Crippen LogP contribution in [0.5, 0.6) is 0 Å². The number of piperidine rings is 1. The summed E-state index contributed by atoms with van der Waals surface area (Å²) in [5.41, 5.74) is 3.31. The van der Waals surface area contributed by atoms with Crippen molar-refractivity contribution in [1.29, 1.82) is 0 Å². The second kappa shape index (κ2) is 5.60. The SMILES string of the molecule is C=C(C)N(C)C1CCN(c2cc(Cl)cc3[nH]ncc23)CC1. The second-order valence-electron chi connectivity index (χ2n) is 5.82. The summed E-state index contributed by atoms with van der Waals surface area (Å²) in [6.07, 6.45) is 4.15. The first-order valence-corrected chi connectivity index (χ1v) is 7.70. The number of nitrogens with one attached hydrogen (secondary N) is 1. The predicted octanol–water partition coefficient (Wildman–Crippen LogP) is 3.65. The molecule has 1 aromatic heterocycles. The van der Waals surface area contributed by atoms with Crippen molar-refractivity contribution in [1.82, 2.24) is 15.1 Å². The summed E-state index contributed by atoms with van der Waals surface area (Å²) in [6.45, 7) is 8.16. The van der Waals surface area contributed by atoms with Crippen LogP contribution in [0.1, 0.15) is 19.8 Å². The lowest BCUT2D eigenvalue weighted by molar-refractivity contribution is 0.259. The quantitative estimate of drug-likeness (QED) is 0.940. The number of allylic oxidation sites excluding steroid dienone is 1. The molecule has 112 valence electrons. The molecule has 0 saturated carbocycles. The molecule has 1 saturated heterocycles. The largest absolute Gasteiger partial charge is 0.375 e. The monoisotopic (exact) mass is 304 g/mol. The number of halogens is 1. The first-order valence-electron chi connectivity index (χ1n) is 7.32. The third-order valence-electron chi connectivity index (χ3n) is 4.46. The number of rotatable bonds is 3. The van der Waals surface area contributed by atoms with Gasteiger partial charge in [0, 0.05) is 48.0 Å². The van der Waals surface area contributed by atoms with E-state index in [4.69, 9.17) is 11.6 Å². The molecule has 0 aliphatic carbocycles. The molecule has 2 aromatic rings. The Morgan fingerprint density at radius 1 is 1.43 bits per heavy atom. The molecule has 21 heavy (non-hydrogen) atoms. The lowest BCUT2D eigenvalue weighted by Crippen LogP contribution is -2.42. The summed E-state index contributed by atoms with van der Waals surface area (Å²) in [4.78, 5) is 4.70. The van der Waals surface area contributed by atoms with Crippen molar-refractivity contribution in [3.8, 4) is 0 Å². The summed E-state index contributed by atoms with van der Waals surface area (Å²) in [7, 11) is 2.14. The molecule has 4 nitrogen and oxygen atoms in total. The first kappa shape index (κ1) is 14.3. The second-order valence-corrected chi connectivity index (χ2v) is 6.26. The fraction of sp³-hybridized carbons (Fsp3) is 0.438. The Hall–Kier alpha value is -1.68. The molecule has 0 unspecified atom stereocenters. The van der Waals surface area contributed by atoms with Crippen LogP contribution in [0.3, 0.4) is 0 Å². The number of H-pyrrole nitrogens is 1. The molecule has 0 atom stereocenters. The number of nitrogens with zero attached hydrogens (tertiary/aromatic N) is 3. The van der Waals surface area contributed by atoms with Crippen molar-refractivity contribution >= 4 is 28.2 Å². The van der Waals surface area contributed by atoms with Crippen molar-refractivity contribution < 1.29 is 0 Å². The van der Waals surface area contributed by atoms with Gasteiger partial charge in [0.05, 0.1) is 11.7 Å². The van der Waals surface area contributed by atoms with Crippen LogP contribution < -0.4 is 4.90 Å². The molecular weight excluding hydrogens is 284 g/mol. The average molecular weight is 305 g/mol. The molecule has 0 radical (unpaired) electrons. The Morgan fingerprint density at radius 2 is 2.14 bits per heavy atom. The van der Waals surface area contributed by atoms with Gasteiger partial charge in [0.2, 0.25) is 0 Å². The summed E-state index contributed by atoms with van der Waals surface area (Å²) < 4.78 is 0. The zero-order chi connectivity index (χ0) is 15.0. The molecule has 1 aromatic carbocycles. The predicted molar refractivity (Wildman–Crippen MR) is 88.9 cm³/mol. The van der Waals surface area contributed by atoms with Crippen LogP contribution in [0.25, 0.3) is 10.9 Å². The highest BCUT2D eigenvalue weighted by molar-refractivity contribution is 6.31. The van der Waals surface area contributed by atoms with Crippen LogP contribution in [0, 0.1) is 0 Å². The lowest BCUT2D eigenvalue weighted by Gasteiger charge is -2.39. The number of anilines is 1. The Morgan fingerprint density at radius 3 is 2.81 bits per heavy atom. The zero-order valence-corrected chi connectivity index (χ0v) is 13.3. The van der Waals surface area contributed by atoms with E-state index < -0.39 is 0 Å². The number of hydrogen-bond donors (Lipinski definition) is 1. The minimum atomic E-state index is 0.581. The van der Waals surface area contributed by atoms with E-state index in [0.29, 0.717) is 6.04 Å². The van der Waals surface area contributed by atoms with E-state index in [-0.39, 0.29) is 0 Å².